The summed E-state index contributed by atoms with van der Waals surface area (Å²) >= 11 is 0. The van der Waals surface area contributed by atoms with Gasteiger partial charge in [-0.25, -0.2) is 0 Å². The van der Waals surface area contributed by atoms with Gasteiger partial charge in [0.25, 0.3) is 0 Å². The summed E-state index contributed by atoms with van der Waals surface area (Å²) in [5.74, 6) is -0.916. The molecule has 42 heavy (non-hydrogen) atoms. The van der Waals surface area contributed by atoms with Crippen molar-refractivity contribution in [3.63, 3.8) is 0 Å². The average molecular weight is 620 g/mol. The number of carboxylic acids is 1. The SMILES string of the molecule is CCN(CCCCC(=O)O)c1ccc(C(F)(F)F)cc1CNC1C=CN(C)N1Cc1cc(C#N)cc(C(F)(F)F)c1.Cl. The Labute approximate surface area is 246 Å². The van der Waals surface area contributed by atoms with Gasteiger partial charge in [-0.2, -0.15) is 36.6 Å². The van der Waals surface area contributed by atoms with Crippen LogP contribution in [0.4, 0.5) is 32.0 Å². The number of hydrazine groups is 1. The molecule has 2 aromatic rings. The Hall–Kier alpha value is -3.47. The predicted molar refractivity (Wildman–Crippen MR) is 147 cm³/mol. The second-order valence-corrected chi connectivity index (χ2v) is 9.64. The van der Waals surface area contributed by atoms with E-state index in [9.17, 15) is 36.4 Å². The van der Waals surface area contributed by atoms with E-state index in [1.807, 2.05) is 11.8 Å². The van der Waals surface area contributed by atoms with Gasteiger partial charge in [0.1, 0.15) is 0 Å². The zero-order chi connectivity index (χ0) is 30.4. The lowest BCUT2D eigenvalue weighted by atomic mass is 10.1. The number of nitrogens with zero attached hydrogens (tertiary/aromatic N) is 4. The van der Waals surface area contributed by atoms with Crippen LogP contribution in [-0.2, 0) is 30.2 Å². The molecule has 14 heteroatoms. The predicted octanol–water partition coefficient (Wildman–Crippen LogP) is 6.39. The first-order valence-electron chi connectivity index (χ1n) is 12.9. The van der Waals surface area contributed by atoms with Gasteiger partial charge in [0, 0.05) is 51.5 Å². The minimum absolute atomic E-state index is 0. The number of rotatable bonds is 12. The van der Waals surface area contributed by atoms with E-state index >= 15 is 0 Å². The highest BCUT2D eigenvalue weighted by Crippen LogP contribution is 2.34. The lowest BCUT2D eigenvalue weighted by molar-refractivity contribution is -0.138. The van der Waals surface area contributed by atoms with E-state index in [2.05, 4.69) is 5.32 Å². The Morgan fingerprint density at radius 2 is 1.76 bits per heavy atom. The zero-order valence-electron chi connectivity index (χ0n) is 23.0. The summed E-state index contributed by atoms with van der Waals surface area (Å²) in [5.41, 5.74) is -0.704. The van der Waals surface area contributed by atoms with Gasteiger partial charge in [0.15, 0.2) is 0 Å². The van der Waals surface area contributed by atoms with Crippen LogP contribution in [0, 0.1) is 11.3 Å². The maximum Gasteiger partial charge on any atom is 0.416 e. The van der Waals surface area contributed by atoms with Crippen LogP contribution < -0.4 is 10.2 Å². The average Bonchev–Trinajstić information content (AvgIpc) is 3.24. The first-order chi connectivity index (χ1) is 19.2. The molecule has 0 bridgehead atoms. The highest BCUT2D eigenvalue weighted by atomic mass is 35.5. The van der Waals surface area contributed by atoms with Gasteiger partial charge in [-0.3, -0.25) is 10.1 Å². The van der Waals surface area contributed by atoms with Gasteiger partial charge >= 0.3 is 18.3 Å². The van der Waals surface area contributed by atoms with Gasteiger partial charge < -0.3 is 15.0 Å². The molecule has 1 aliphatic heterocycles. The molecule has 1 atom stereocenters. The van der Waals surface area contributed by atoms with Crippen LogP contribution in [0.5, 0.6) is 0 Å². The maximum absolute atomic E-state index is 13.6. The van der Waals surface area contributed by atoms with Gasteiger partial charge in [-0.15, -0.1) is 12.4 Å². The van der Waals surface area contributed by atoms with Crippen LogP contribution in [-0.4, -0.2) is 47.4 Å². The molecule has 7 nitrogen and oxygen atoms in total. The normalized spacial score (nSPS) is 15.4. The molecule has 1 heterocycles. The lowest BCUT2D eigenvalue weighted by Crippen LogP contribution is -2.46. The van der Waals surface area contributed by atoms with Crippen molar-refractivity contribution in [3.8, 4) is 6.07 Å². The number of halogens is 7. The van der Waals surface area contributed by atoms with E-state index < -0.39 is 35.6 Å². The van der Waals surface area contributed by atoms with Crippen LogP contribution in [0.3, 0.4) is 0 Å². The van der Waals surface area contributed by atoms with Gasteiger partial charge in [0.05, 0.1) is 28.9 Å². The molecular formula is C28H32ClF6N5O2. The third-order valence-electron chi connectivity index (χ3n) is 6.70. The van der Waals surface area contributed by atoms with Crippen molar-refractivity contribution in [1.29, 1.82) is 5.26 Å². The molecule has 2 aromatic carbocycles. The van der Waals surface area contributed by atoms with E-state index in [0.29, 0.717) is 37.2 Å². The van der Waals surface area contributed by atoms with Crippen molar-refractivity contribution >= 4 is 24.1 Å². The molecule has 230 valence electrons. The number of nitrogens with one attached hydrogen (secondary N) is 1. The van der Waals surface area contributed by atoms with Crippen LogP contribution in [0.15, 0.2) is 48.7 Å². The highest BCUT2D eigenvalue weighted by Gasteiger charge is 2.33. The molecule has 0 amide bonds. The van der Waals surface area contributed by atoms with Crippen LogP contribution in [0.25, 0.3) is 0 Å². The molecule has 0 saturated carbocycles. The number of anilines is 1. The van der Waals surface area contributed by atoms with Gasteiger partial charge in [-0.05, 0) is 73.4 Å². The van der Waals surface area contributed by atoms with Crippen LogP contribution in [0.2, 0.25) is 0 Å². The van der Waals surface area contributed by atoms with E-state index in [-0.39, 0.29) is 43.0 Å². The third kappa shape index (κ3) is 9.27. The molecule has 2 N–H and O–H groups in total. The lowest BCUT2D eigenvalue weighted by Gasteiger charge is -2.32. The Kier molecular flexibility index (Phi) is 12.1. The van der Waals surface area contributed by atoms with E-state index in [1.165, 1.54) is 12.1 Å². The molecule has 3 rings (SSSR count). The fourth-order valence-electron chi connectivity index (χ4n) is 4.62. The minimum atomic E-state index is -4.63. The van der Waals surface area contributed by atoms with Gasteiger partial charge in [0.2, 0.25) is 0 Å². The van der Waals surface area contributed by atoms with E-state index in [1.54, 1.807) is 35.4 Å². The number of alkyl halides is 6. The Morgan fingerprint density at radius 1 is 1.07 bits per heavy atom. The van der Waals surface area contributed by atoms with Crippen LogP contribution in [0.1, 0.15) is 54.0 Å². The molecule has 0 aliphatic carbocycles. The summed E-state index contributed by atoms with van der Waals surface area (Å²) in [4.78, 5) is 12.7. The van der Waals surface area contributed by atoms with Crippen molar-refractivity contribution < 1.29 is 36.2 Å². The van der Waals surface area contributed by atoms with Crippen molar-refractivity contribution in [2.45, 2.75) is 57.8 Å². The molecule has 0 fully saturated rings. The molecule has 0 radical (unpaired) electrons. The maximum atomic E-state index is 13.6. The largest absolute Gasteiger partial charge is 0.481 e. The van der Waals surface area contributed by atoms with Crippen molar-refractivity contribution in [2.75, 3.05) is 25.0 Å². The topological polar surface area (TPSA) is 82.8 Å². The summed E-state index contributed by atoms with van der Waals surface area (Å²) in [7, 11) is 1.68. The zero-order valence-corrected chi connectivity index (χ0v) is 23.8. The number of hydrogen-bond donors (Lipinski definition) is 2. The smallest absolute Gasteiger partial charge is 0.416 e. The Bertz CT molecular complexity index is 1300. The van der Waals surface area contributed by atoms with Gasteiger partial charge in [-0.1, -0.05) is 0 Å². The summed E-state index contributed by atoms with van der Waals surface area (Å²) in [5, 5.41) is 24.6. The van der Waals surface area contributed by atoms with Crippen LogP contribution >= 0.6 is 12.4 Å². The number of aliphatic carboxylic acids is 1. The molecular weight excluding hydrogens is 588 g/mol. The molecule has 0 spiro atoms. The summed E-state index contributed by atoms with van der Waals surface area (Å²) in [6.45, 7) is 2.81. The number of nitriles is 1. The fourth-order valence-corrected chi connectivity index (χ4v) is 4.62. The summed E-state index contributed by atoms with van der Waals surface area (Å²) < 4.78 is 80.8. The first-order valence-corrected chi connectivity index (χ1v) is 12.9. The third-order valence-corrected chi connectivity index (χ3v) is 6.70. The fraction of sp³-hybridized carbons (Fsp3) is 0.429. The second kappa shape index (κ2) is 14.6. The Morgan fingerprint density at radius 3 is 2.36 bits per heavy atom. The first kappa shape index (κ1) is 34.7. The number of carboxylic acid groups (broad SMARTS) is 1. The van der Waals surface area contributed by atoms with Crippen molar-refractivity contribution in [1.82, 2.24) is 15.3 Å². The molecule has 0 aromatic heterocycles. The molecule has 1 unspecified atom stereocenters. The van der Waals surface area contributed by atoms with E-state index in [0.717, 1.165) is 24.3 Å². The summed E-state index contributed by atoms with van der Waals surface area (Å²) in [6, 6.07) is 8.35. The van der Waals surface area contributed by atoms with E-state index in [4.69, 9.17) is 5.11 Å². The number of carbonyl (C=O) groups is 1. The standard InChI is InChI=1S/C28H31F6N5O2.ClH/c1-3-38(10-5-4-6-26(40)41)24-8-7-22(27(29,30)31)15-21(24)17-36-25-9-11-37(2)39(25)18-20-12-19(16-35)13-23(14-20)28(32,33)34;/h7-9,11-15,25,36H,3-6,10,17-18H2,1-2H3,(H,40,41);1H. The number of benzene rings is 2. The van der Waals surface area contributed by atoms with Crippen molar-refractivity contribution in [2.24, 2.45) is 0 Å². The summed E-state index contributed by atoms with van der Waals surface area (Å²) in [6.07, 6.45) is -5.37. The minimum Gasteiger partial charge on any atom is -0.481 e. The molecule has 1 aliphatic rings. The quantitative estimate of drug-likeness (QED) is 0.210. The van der Waals surface area contributed by atoms with Crippen molar-refractivity contribution in [3.05, 3.63) is 76.5 Å². The number of unbranched alkanes of at least 4 members (excludes halogenated alkanes) is 1. The number of hydrogen-bond acceptors (Lipinski definition) is 6. The monoisotopic (exact) mass is 619 g/mol. The Balaban J connectivity index is 0.00000616. The molecule has 0 saturated heterocycles. The highest BCUT2D eigenvalue weighted by molar-refractivity contribution is 5.85. The second-order valence-electron chi connectivity index (χ2n) is 9.64.